The molecule has 21 heavy (non-hydrogen) atoms. The number of hydrogen-bond donors (Lipinski definition) is 1. The van der Waals surface area contributed by atoms with Crippen LogP contribution in [0.4, 0.5) is 0 Å². The lowest BCUT2D eigenvalue weighted by molar-refractivity contribution is 0.0793. The molecule has 0 atom stereocenters. The molecule has 1 aromatic rings. The Morgan fingerprint density at radius 1 is 1.14 bits per heavy atom. The first-order chi connectivity index (χ1) is 10.1. The zero-order valence-electron chi connectivity index (χ0n) is 11.9. The number of sulfonamides is 1. The molecular formula is C15H20N2O3S. The van der Waals surface area contributed by atoms with Gasteiger partial charge in [-0.15, -0.1) is 0 Å². The summed E-state index contributed by atoms with van der Waals surface area (Å²) in [4.78, 5) is 14.1. The third-order valence-electron chi connectivity index (χ3n) is 4.03. The Morgan fingerprint density at radius 3 is 2.33 bits per heavy atom. The van der Waals surface area contributed by atoms with Crippen molar-refractivity contribution in [3.63, 3.8) is 0 Å². The minimum absolute atomic E-state index is 0.0672. The number of rotatable bonds is 5. The van der Waals surface area contributed by atoms with E-state index in [0.29, 0.717) is 5.56 Å². The van der Waals surface area contributed by atoms with E-state index in [1.54, 1.807) is 12.1 Å². The van der Waals surface area contributed by atoms with Gasteiger partial charge in [-0.25, -0.2) is 13.1 Å². The monoisotopic (exact) mass is 308 g/mol. The summed E-state index contributed by atoms with van der Waals surface area (Å²) in [6.45, 7) is 1.96. The number of nitrogens with one attached hydrogen (secondary N) is 1. The molecule has 2 fully saturated rings. The normalized spacial score (nSPS) is 19.0. The standard InChI is InChI=1S/C15H20N2O3S/c18-15(17-9-1-2-10-17)13-5-3-12(4-6-13)11-16-21(19,20)14-7-8-14/h3-6,14,16H,1-2,7-11H2. The van der Waals surface area contributed by atoms with E-state index in [-0.39, 0.29) is 17.7 Å². The molecule has 1 aromatic carbocycles. The summed E-state index contributed by atoms with van der Waals surface area (Å²) in [5.74, 6) is 0.0672. The third kappa shape index (κ3) is 3.44. The van der Waals surface area contributed by atoms with Crippen LogP contribution in [0.5, 0.6) is 0 Å². The van der Waals surface area contributed by atoms with Crippen LogP contribution in [0, 0.1) is 0 Å². The molecule has 0 spiro atoms. The smallest absolute Gasteiger partial charge is 0.253 e. The number of hydrogen-bond acceptors (Lipinski definition) is 3. The first-order valence-corrected chi connectivity index (χ1v) is 8.97. The Morgan fingerprint density at radius 2 is 1.76 bits per heavy atom. The van der Waals surface area contributed by atoms with E-state index in [1.165, 1.54) is 0 Å². The summed E-state index contributed by atoms with van der Waals surface area (Å²) in [7, 11) is -3.15. The lowest BCUT2D eigenvalue weighted by Gasteiger charge is -2.15. The van der Waals surface area contributed by atoms with Crippen molar-refractivity contribution in [2.75, 3.05) is 13.1 Å². The van der Waals surface area contributed by atoms with Crippen molar-refractivity contribution in [2.45, 2.75) is 37.5 Å². The Hall–Kier alpha value is -1.40. The van der Waals surface area contributed by atoms with Crippen molar-refractivity contribution >= 4 is 15.9 Å². The van der Waals surface area contributed by atoms with Crippen LogP contribution in [0.15, 0.2) is 24.3 Å². The molecule has 1 saturated carbocycles. The Bertz CT molecular complexity index is 615. The quantitative estimate of drug-likeness (QED) is 0.896. The highest BCUT2D eigenvalue weighted by Gasteiger charge is 2.35. The zero-order valence-corrected chi connectivity index (χ0v) is 12.7. The first-order valence-electron chi connectivity index (χ1n) is 7.43. The highest BCUT2D eigenvalue weighted by Crippen LogP contribution is 2.27. The van der Waals surface area contributed by atoms with Crippen LogP contribution in [0.1, 0.15) is 41.6 Å². The number of likely N-dealkylation sites (tertiary alicyclic amines) is 1. The van der Waals surface area contributed by atoms with E-state index in [4.69, 9.17) is 0 Å². The van der Waals surface area contributed by atoms with Crippen LogP contribution < -0.4 is 4.72 Å². The predicted octanol–water partition coefficient (Wildman–Crippen LogP) is 1.50. The van der Waals surface area contributed by atoms with Gasteiger partial charge in [-0.3, -0.25) is 4.79 Å². The average molecular weight is 308 g/mol. The molecule has 5 nitrogen and oxygen atoms in total. The van der Waals surface area contributed by atoms with Crippen molar-refractivity contribution in [3.8, 4) is 0 Å². The van der Waals surface area contributed by atoms with Crippen LogP contribution in [-0.2, 0) is 16.6 Å². The van der Waals surface area contributed by atoms with Gasteiger partial charge in [0.25, 0.3) is 5.91 Å². The second-order valence-corrected chi connectivity index (χ2v) is 7.81. The summed E-state index contributed by atoms with van der Waals surface area (Å²) < 4.78 is 26.1. The van der Waals surface area contributed by atoms with Gasteiger partial charge in [0, 0.05) is 25.2 Å². The SMILES string of the molecule is O=C(c1ccc(CNS(=O)(=O)C2CC2)cc1)N1CCCC1. The summed E-state index contributed by atoms with van der Waals surface area (Å²) >= 11 is 0. The molecule has 0 radical (unpaired) electrons. The van der Waals surface area contributed by atoms with E-state index in [0.717, 1.165) is 44.3 Å². The summed E-state index contributed by atoms with van der Waals surface area (Å²) in [6.07, 6.45) is 3.68. The molecule has 6 heteroatoms. The van der Waals surface area contributed by atoms with Crippen molar-refractivity contribution in [3.05, 3.63) is 35.4 Å². The number of carbonyl (C=O) groups excluding carboxylic acids is 1. The third-order valence-corrected chi connectivity index (χ3v) is 5.93. The number of amides is 1. The van der Waals surface area contributed by atoms with Crippen LogP contribution in [0.25, 0.3) is 0 Å². The van der Waals surface area contributed by atoms with Gasteiger partial charge < -0.3 is 4.90 Å². The maximum Gasteiger partial charge on any atom is 0.253 e. The van der Waals surface area contributed by atoms with Crippen molar-refractivity contribution < 1.29 is 13.2 Å². The van der Waals surface area contributed by atoms with Crippen LogP contribution >= 0.6 is 0 Å². The predicted molar refractivity (Wildman–Crippen MR) is 80.4 cm³/mol. The van der Waals surface area contributed by atoms with Gasteiger partial charge in [0.1, 0.15) is 0 Å². The Balaban J connectivity index is 1.60. The Labute approximate surface area is 125 Å². The van der Waals surface area contributed by atoms with Crippen molar-refractivity contribution in [1.82, 2.24) is 9.62 Å². The summed E-state index contributed by atoms with van der Waals surface area (Å²) in [6, 6.07) is 7.19. The molecule has 0 aromatic heterocycles. The van der Waals surface area contributed by atoms with Gasteiger partial charge in [-0.05, 0) is 43.4 Å². The fourth-order valence-electron chi connectivity index (χ4n) is 2.55. The van der Waals surface area contributed by atoms with Crippen molar-refractivity contribution in [2.24, 2.45) is 0 Å². The molecular weight excluding hydrogens is 288 g/mol. The number of carbonyl (C=O) groups is 1. The Kier molecular flexibility index (Phi) is 3.99. The first kappa shape index (κ1) is 14.5. The molecule has 2 aliphatic rings. The lowest BCUT2D eigenvalue weighted by Crippen LogP contribution is -2.28. The average Bonchev–Trinajstić information content (AvgIpc) is 3.22. The van der Waals surface area contributed by atoms with Crippen LogP contribution in [0.2, 0.25) is 0 Å². The van der Waals surface area contributed by atoms with Gasteiger partial charge >= 0.3 is 0 Å². The fraction of sp³-hybridized carbons (Fsp3) is 0.533. The van der Waals surface area contributed by atoms with Crippen LogP contribution in [0.3, 0.4) is 0 Å². The minimum atomic E-state index is -3.15. The largest absolute Gasteiger partial charge is 0.339 e. The van der Waals surface area contributed by atoms with Gasteiger partial charge in [-0.1, -0.05) is 12.1 Å². The molecule has 1 aliphatic carbocycles. The second kappa shape index (κ2) is 5.77. The highest BCUT2D eigenvalue weighted by atomic mass is 32.2. The lowest BCUT2D eigenvalue weighted by atomic mass is 10.1. The molecule has 0 bridgehead atoms. The maximum absolute atomic E-state index is 12.2. The molecule has 114 valence electrons. The fourth-order valence-corrected chi connectivity index (χ4v) is 3.91. The molecule has 1 amide bonds. The number of nitrogens with zero attached hydrogens (tertiary/aromatic N) is 1. The molecule has 0 unspecified atom stereocenters. The van der Waals surface area contributed by atoms with Crippen LogP contribution in [-0.4, -0.2) is 37.6 Å². The number of benzene rings is 1. The zero-order chi connectivity index (χ0) is 14.9. The molecule has 1 saturated heterocycles. The maximum atomic E-state index is 12.2. The summed E-state index contributed by atoms with van der Waals surface area (Å²) in [5.41, 5.74) is 1.54. The molecule has 1 N–H and O–H groups in total. The van der Waals surface area contributed by atoms with E-state index in [1.807, 2.05) is 17.0 Å². The van der Waals surface area contributed by atoms with Crippen molar-refractivity contribution in [1.29, 1.82) is 0 Å². The molecule has 1 heterocycles. The van der Waals surface area contributed by atoms with E-state index in [9.17, 15) is 13.2 Å². The van der Waals surface area contributed by atoms with Gasteiger partial charge in [0.2, 0.25) is 10.0 Å². The van der Waals surface area contributed by atoms with Gasteiger partial charge in [0.15, 0.2) is 0 Å². The highest BCUT2D eigenvalue weighted by molar-refractivity contribution is 7.90. The summed E-state index contributed by atoms with van der Waals surface area (Å²) in [5, 5.41) is -0.200. The minimum Gasteiger partial charge on any atom is -0.339 e. The van der Waals surface area contributed by atoms with Gasteiger partial charge in [-0.2, -0.15) is 0 Å². The second-order valence-electron chi connectivity index (χ2n) is 5.76. The van der Waals surface area contributed by atoms with E-state index in [2.05, 4.69) is 4.72 Å². The van der Waals surface area contributed by atoms with E-state index < -0.39 is 10.0 Å². The van der Waals surface area contributed by atoms with Gasteiger partial charge in [0.05, 0.1) is 5.25 Å². The molecule has 3 rings (SSSR count). The van der Waals surface area contributed by atoms with E-state index >= 15 is 0 Å². The topological polar surface area (TPSA) is 66.5 Å². The molecule has 1 aliphatic heterocycles.